The third-order valence-corrected chi connectivity index (χ3v) is 3.39. The number of nitrogens with one attached hydrogen (secondary N) is 1. The molecule has 0 fully saturated rings. The Bertz CT molecular complexity index is 380. The highest BCUT2D eigenvalue weighted by atomic mass is 32.2. The summed E-state index contributed by atoms with van der Waals surface area (Å²) in [5.41, 5.74) is 2.28. The summed E-state index contributed by atoms with van der Waals surface area (Å²) in [7, 11) is 4.02. The van der Waals surface area contributed by atoms with Crippen molar-refractivity contribution < 1.29 is 0 Å². The minimum Gasteiger partial charge on any atom is -0.308 e. The first-order valence-electron chi connectivity index (χ1n) is 4.71. The molecule has 0 unspecified atom stereocenters. The van der Waals surface area contributed by atoms with E-state index in [4.69, 9.17) is 0 Å². The lowest BCUT2D eigenvalue weighted by molar-refractivity contribution is 0.369. The molecule has 0 bridgehead atoms. The third-order valence-electron chi connectivity index (χ3n) is 2.40. The van der Waals surface area contributed by atoms with E-state index in [2.05, 4.69) is 10.00 Å². The van der Waals surface area contributed by atoms with E-state index in [1.54, 1.807) is 16.4 Å². The molecule has 0 aromatic carbocycles. The number of aromatic nitrogens is 2. The van der Waals surface area contributed by atoms with Gasteiger partial charge < -0.3 is 4.90 Å². The molecule has 0 aliphatic carbocycles. The number of thioether (sulfide) groups is 1. The summed E-state index contributed by atoms with van der Waals surface area (Å²) in [6.07, 6.45) is 0. The van der Waals surface area contributed by atoms with E-state index in [9.17, 15) is 4.79 Å². The van der Waals surface area contributed by atoms with Gasteiger partial charge in [0.15, 0.2) is 0 Å². The molecule has 1 aliphatic rings. The monoisotopic (exact) mass is 213 g/mol. The number of hydrogen-bond donors (Lipinski definition) is 1. The van der Waals surface area contributed by atoms with Crippen LogP contribution in [-0.4, -0.2) is 35.3 Å². The zero-order valence-electron chi connectivity index (χ0n) is 8.54. The van der Waals surface area contributed by atoms with Crippen LogP contribution >= 0.6 is 11.8 Å². The van der Waals surface area contributed by atoms with Crippen LogP contribution in [0.4, 0.5) is 0 Å². The van der Waals surface area contributed by atoms with Gasteiger partial charge in [-0.1, -0.05) is 0 Å². The van der Waals surface area contributed by atoms with Crippen molar-refractivity contribution in [2.24, 2.45) is 0 Å². The fourth-order valence-electron chi connectivity index (χ4n) is 1.55. The van der Waals surface area contributed by atoms with E-state index < -0.39 is 0 Å². The molecule has 4 nitrogen and oxygen atoms in total. The summed E-state index contributed by atoms with van der Waals surface area (Å²) in [5, 5.41) is 3.17. The number of aromatic amines is 1. The maximum atomic E-state index is 11.8. The average Bonchev–Trinajstić information content (AvgIpc) is 2.66. The predicted molar refractivity (Wildman–Crippen MR) is 58.6 cm³/mol. The average molecular weight is 213 g/mol. The van der Waals surface area contributed by atoms with Crippen LogP contribution in [0.5, 0.6) is 0 Å². The van der Waals surface area contributed by atoms with E-state index in [0.29, 0.717) is 0 Å². The van der Waals surface area contributed by atoms with Crippen molar-refractivity contribution in [3.8, 4) is 0 Å². The second-order valence-electron chi connectivity index (χ2n) is 3.82. The Morgan fingerprint density at radius 1 is 1.50 bits per heavy atom. The van der Waals surface area contributed by atoms with Crippen LogP contribution in [0.3, 0.4) is 0 Å². The minimum atomic E-state index is 0.173. The van der Waals surface area contributed by atoms with Gasteiger partial charge in [0, 0.05) is 18.1 Å². The number of likely N-dealkylation sites (N-methyl/N-ethyl adjacent to an activating group) is 1. The molecule has 14 heavy (non-hydrogen) atoms. The standard InChI is InChI=1S/C9H15N3OS/c1-11(2)3-4-12-9(13)7-5-14-6-8(7)10-12/h10H,3-6H2,1-2H3. The maximum Gasteiger partial charge on any atom is 0.270 e. The van der Waals surface area contributed by atoms with Gasteiger partial charge in [0.05, 0.1) is 17.8 Å². The Hall–Kier alpha value is -0.680. The predicted octanol–water partition coefficient (Wildman–Crippen LogP) is 0.485. The highest BCUT2D eigenvalue weighted by Crippen LogP contribution is 2.25. The molecular weight excluding hydrogens is 198 g/mol. The third kappa shape index (κ3) is 1.74. The second-order valence-corrected chi connectivity index (χ2v) is 4.81. The van der Waals surface area contributed by atoms with Gasteiger partial charge in [0.25, 0.3) is 5.56 Å². The van der Waals surface area contributed by atoms with Crippen LogP contribution < -0.4 is 5.56 Å². The zero-order chi connectivity index (χ0) is 10.1. The molecule has 1 aromatic rings. The van der Waals surface area contributed by atoms with Crippen molar-refractivity contribution in [1.29, 1.82) is 0 Å². The van der Waals surface area contributed by atoms with Crippen LogP contribution in [0.2, 0.25) is 0 Å². The quantitative estimate of drug-likeness (QED) is 0.794. The van der Waals surface area contributed by atoms with Gasteiger partial charge in [0.2, 0.25) is 0 Å². The van der Waals surface area contributed by atoms with Crippen molar-refractivity contribution >= 4 is 11.8 Å². The van der Waals surface area contributed by atoms with Crippen molar-refractivity contribution in [3.63, 3.8) is 0 Å². The molecule has 78 valence electrons. The van der Waals surface area contributed by atoms with E-state index in [0.717, 1.165) is 35.9 Å². The summed E-state index contributed by atoms with van der Waals surface area (Å²) in [6, 6.07) is 0. The normalized spacial score (nSPS) is 15.1. The SMILES string of the molecule is CN(C)CCn1[nH]c2c(c1=O)CSC2. The van der Waals surface area contributed by atoms with E-state index in [1.807, 2.05) is 14.1 Å². The zero-order valence-corrected chi connectivity index (χ0v) is 9.36. The number of nitrogens with zero attached hydrogens (tertiary/aromatic N) is 2. The van der Waals surface area contributed by atoms with Crippen LogP contribution in [0.25, 0.3) is 0 Å². The van der Waals surface area contributed by atoms with Gasteiger partial charge in [-0.15, -0.1) is 0 Å². The van der Waals surface area contributed by atoms with Crippen molar-refractivity contribution in [3.05, 3.63) is 21.6 Å². The summed E-state index contributed by atoms with van der Waals surface area (Å²) < 4.78 is 1.73. The van der Waals surface area contributed by atoms with Crippen LogP contribution in [0, 0.1) is 0 Å². The van der Waals surface area contributed by atoms with Crippen molar-refractivity contribution in [1.82, 2.24) is 14.7 Å². The van der Waals surface area contributed by atoms with Crippen molar-refractivity contribution in [2.45, 2.75) is 18.1 Å². The van der Waals surface area contributed by atoms with Gasteiger partial charge in [-0.3, -0.25) is 14.6 Å². The first-order valence-corrected chi connectivity index (χ1v) is 5.87. The smallest absolute Gasteiger partial charge is 0.270 e. The van der Waals surface area contributed by atoms with Crippen molar-refractivity contribution in [2.75, 3.05) is 20.6 Å². The summed E-state index contributed by atoms with van der Waals surface area (Å²) in [4.78, 5) is 13.8. The molecule has 1 aromatic heterocycles. The molecule has 1 aliphatic heterocycles. The summed E-state index contributed by atoms with van der Waals surface area (Å²) in [6.45, 7) is 1.65. The lowest BCUT2D eigenvalue weighted by Gasteiger charge is -2.09. The number of H-pyrrole nitrogens is 1. The van der Waals surface area contributed by atoms with Crippen LogP contribution in [0.15, 0.2) is 4.79 Å². The first kappa shape index (κ1) is 9.86. The van der Waals surface area contributed by atoms with Gasteiger partial charge in [-0.25, -0.2) is 0 Å². The Morgan fingerprint density at radius 2 is 2.29 bits per heavy atom. The highest BCUT2D eigenvalue weighted by molar-refractivity contribution is 7.98. The molecule has 1 N–H and O–H groups in total. The Morgan fingerprint density at radius 3 is 2.93 bits per heavy atom. The first-order chi connectivity index (χ1) is 6.68. The highest BCUT2D eigenvalue weighted by Gasteiger charge is 2.19. The van der Waals surface area contributed by atoms with Crippen LogP contribution in [0.1, 0.15) is 11.3 Å². The van der Waals surface area contributed by atoms with Gasteiger partial charge in [-0.05, 0) is 14.1 Å². The van der Waals surface area contributed by atoms with Gasteiger partial charge in [0.1, 0.15) is 0 Å². The van der Waals surface area contributed by atoms with Gasteiger partial charge >= 0.3 is 0 Å². The molecule has 0 amide bonds. The molecular formula is C9H15N3OS. The minimum absolute atomic E-state index is 0.173. The molecule has 2 rings (SSSR count). The fourth-order valence-corrected chi connectivity index (χ4v) is 2.60. The van der Waals surface area contributed by atoms with Crippen LogP contribution in [-0.2, 0) is 18.1 Å². The molecule has 0 saturated carbocycles. The Labute approximate surface area is 87.3 Å². The topological polar surface area (TPSA) is 41.0 Å². The molecule has 0 atom stereocenters. The maximum absolute atomic E-state index is 11.8. The largest absolute Gasteiger partial charge is 0.308 e. The second kappa shape index (κ2) is 3.82. The lowest BCUT2D eigenvalue weighted by atomic mass is 10.3. The van der Waals surface area contributed by atoms with Gasteiger partial charge in [-0.2, -0.15) is 11.8 Å². The summed E-state index contributed by atoms with van der Waals surface area (Å²) >= 11 is 1.80. The molecule has 0 saturated heterocycles. The lowest BCUT2D eigenvalue weighted by Crippen LogP contribution is -2.26. The Kier molecular flexibility index (Phi) is 2.69. The summed E-state index contributed by atoms with van der Waals surface area (Å²) in [5.74, 6) is 1.83. The molecule has 2 heterocycles. The van der Waals surface area contributed by atoms with E-state index in [-0.39, 0.29) is 5.56 Å². The molecule has 0 spiro atoms. The fraction of sp³-hybridized carbons (Fsp3) is 0.667. The van der Waals surface area contributed by atoms with E-state index >= 15 is 0 Å². The number of fused-ring (bicyclic) bond motifs is 1. The Balaban J connectivity index is 2.16. The number of hydrogen-bond acceptors (Lipinski definition) is 3. The molecule has 0 radical (unpaired) electrons. The molecule has 5 heteroatoms. The number of rotatable bonds is 3. The van der Waals surface area contributed by atoms with E-state index in [1.165, 1.54) is 0 Å².